The van der Waals surface area contributed by atoms with Gasteiger partial charge in [0.05, 0.1) is 21.3 Å². The number of hydrogen-bond acceptors (Lipinski definition) is 4. The molecule has 5 heteroatoms. The molecule has 0 N–H and O–H groups in total. The van der Waals surface area contributed by atoms with Crippen LogP contribution in [-0.2, 0) is 17.6 Å². The summed E-state index contributed by atoms with van der Waals surface area (Å²) in [4.78, 5) is 21.0. The molecule has 3 aromatic rings. The van der Waals surface area contributed by atoms with E-state index in [1.54, 1.807) is 11.3 Å². The van der Waals surface area contributed by atoms with E-state index in [-0.39, 0.29) is 11.9 Å². The Bertz CT molecular complexity index is 834. The zero-order valence-electron chi connectivity index (χ0n) is 13.7. The van der Waals surface area contributed by atoms with Gasteiger partial charge >= 0.3 is 0 Å². The first-order chi connectivity index (χ1) is 11.8. The first kappa shape index (κ1) is 15.8. The molecule has 0 spiro atoms. The second-order valence-electron chi connectivity index (χ2n) is 6.14. The summed E-state index contributed by atoms with van der Waals surface area (Å²) in [6.07, 6.45) is 3.27. The maximum atomic E-state index is 12.8. The molecule has 0 aliphatic carbocycles. The molecule has 1 aliphatic rings. The lowest BCUT2D eigenvalue weighted by Gasteiger charge is -2.35. The first-order valence-corrected chi connectivity index (χ1v) is 10.2. The minimum Gasteiger partial charge on any atom is -0.335 e. The van der Waals surface area contributed by atoms with Gasteiger partial charge in [0.2, 0.25) is 5.91 Å². The van der Waals surface area contributed by atoms with E-state index >= 15 is 0 Å². The highest BCUT2D eigenvalue weighted by atomic mass is 32.1. The Morgan fingerprint density at radius 3 is 3.04 bits per heavy atom. The summed E-state index contributed by atoms with van der Waals surface area (Å²) in [5.74, 6) is 0.262. The maximum Gasteiger partial charge on any atom is 0.223 e. The number of aromatic nitrogens is 1. The molecule has 1 atom stereocenters. The zero-order chi connectivity index (χ0) is 16.5. The predicted octanol–water partition coefficient (Wildman–Crippen LogP) is 4.83. The molecule has 1 aromatic carbocycles. The number of carbonyl (C=O) groups is 1. The van der Waals surface area contributed by atoms with Crippen LogP contribution in [0, 0.1) is 0 Å². The molecule has 4 rings (SSSR count). The molecule has 3 nitrogen and oxygen atoms in total. The van der Waals surface area contributed by atoms with Crippen molar-refractivity contribution in [3.05, 3.63) is 51.2 Å². The van der Waals surface area contributed by atoms with Crippen molar-refractivity contribution >= 4 is 38.8 Å². The number of thiazole rings is 1. The fourth-order valence-corrected chi connectivity index (χ4v) is 5.41. The fraction of sp³-hybridized carbons (Fsp3) is 0.368. The molecule has 1 amide bonds. The number of nitrogens with zero attached hydrogens (tertiary/aromatic N) is 2. The lowest BCUT2D eigenvalue weighted by atomic mass is 9.97. The van der Waals surface area contributed by atoms with E-state index in [0.717, 1.165) is 36.3 Å². The molecular weight excluding hydrogens is 336 g/mol. The molecule has 0 bridgehead atoms. The molecule has 2 aromatic heterocycles. The average Bonchev–Trinajstić information content (AvgIpc) is 3.24. The molecule has 0 saturated carbocycles. The minimum atomic E-state index is 0.253. The lowest BCUT2D eigenvalue weighted by molar-refractivity contribution is -0.134. The fourth-order valence-electron chi connectivity index (χ4n) is 3.52. The number of rotatable bonds is 4. The van der Waals surface area contributed by atoms with Crippen LogP contribution in [0.4, 0.5) is 0 Å². The van der Waals surface area contributed by atoms with Gasteiger partial charge in [-0.25, -0.2) is 4.98 Å². The number of amides is 1. The Morgan fingerprint density at radius 1 is 1.33 bits per heavy atom. The summed E-state index contributed by atoms with van der Waals surface area (Å²) < 4.78 is 1.20. The van der Waals surface area contributed by atoms with Crippen molar-refractivity contribution < 1.29 is 4.79 Å². The van der Waals surface area contributed by atoms with Crippen LogP contribution >= 0.6 is 22.7 Å². The van der Waals surface area contributed by atoms with E-state index in [0.29, 0.717) is 6.42 Å². The second kappa shape index (κ2) is 6.65. The van der Waals surface area contributed by atoms with Gasteiger partial charge in [0.1, 0.15) is 0 Å². The monoisotopic (exact) mass is 356 g/mol. The molecule has 24 heavy (non-hydrogen) atoms. The second-order valence-corrected chi connectivity index (χ2v) is 8.25. The minimum absolute atomic E-state index is 0.253. The average molecular weight is 357 g/mol. The van der Waals surface area contributed by atoms with Crippen LogP contribution < -0.4 is 0 Å². The Morgan fingerprint density at radius 2 is 2.21 bits per heavy atom. The normalized spacial score (nSPS) is 17.2. The van der Waals surface area contributed by atoms with E-state index in [1.165, 1.54) is 15.1 Å². The largest absolute Gasteiger partial charge is 0.335 e. The van der Waals surface area contributed by atoms with E-state index in [2.05, 4.69) is 34.3 Å². The molecule has 0 fully saturated rings. The van der Waals surface area contributed by atoms with E-state index in [9.17, 15) is 4.79 Å². The highest BCUT2D eigenvalue weighted by Crippen LogP contribution is 2.35. The van der Waals surface area contributed by atoms with Crippen molar-refractivity contribution in [1.82, 2.24) is 9.88 Å². The third-order valence-corrected chi connectivity index (χ3v) is 6.79. The topological polar surface area (TPSA) is 33.2 Å². The van der Waals surface area contributed by atoms with Gasteiger partial charge in [0, 0.05) is 24.3 Å². The highest BCUT2D eigenvalue weighted by Gasteiger charge is 2.29. The zero-order valence-corrected chi connectivity index (χ0v) is 15.3. The number of benzene rings is 1. The molecular formula is C19H20N2OS2. The van der Waals surface area contributed by atoms with Crippen molar-refractivity contribution in [3.8, 4) is 0 Å². The first-order valence-electron chi connectivity index (χ1n) is 8.46. The van der Waals surface area contributed by atoms with Crippen LogP contribution in [0.25, 0.3) is 10.2 Å². The number of thiophene rings is 1. The van der Waals surface area contributed by atoms with Crippen LogP contribution in [0.15, 0.2) is 35.7 Å². The third-order valence-electron chi connectivity index (χ3n) is 4.69. The van der Waals surface area contributed by atoms with Crippen LogP contribution in [0.5, 0.6) is 0 Å². The van der Waals surface area contributed by atoms with Crippen LogP contribution in [-0.4, -0.2) is 22.3 Å². The Hall–Kier alpha value is -1.72. The van der Waals surface area contributed by atoms with Gasteiger partial charge in [-0.1, -0.05) is 19.1 Å². The maximum absolute atomic E-state index is 12.8. The summed E-state index contributed by atoms with van der Waals surface area (Å²) in [6.45, 7) is 3.02. The summed E-state index contributed by atoms with van der Waals surface area (Å²) >= 11 is 3.53. The van der Waals surface area contributed by atoms with E-state index in [4.69, 9.17) is 0 Å². The standard InChI is InChI=1S/C19H20N2OS2/c1-2-15-13-10-12-23-16(13)9-11-21(15)19(22)8-7-18-20-14-5-3-4-6-17(14)24-18/h3-6,10,12,15H,2,7-9,11H2,1H3. The number of aryl methyl sites for hydroxylation is 1. The Balaban J connectivity index is 1.46. The summed E-state index contributed by atoms with van der Waals surface area (Å²) in [5.41, 5.74) is 2.40. The summed E-state index contributed by atoms with van der Waals surface area (Å²) in [5, 5.41) is 3.22. The van der Waals surface area contributed by atoms with Gasteiger partial charge < -0.3 is 4.90 Å². The van der Waals surface area contributed by atoms with Gasteiger partial charge in [-0.3, -0.25) is 4.79 Å². The van der Waals surface area contributed by atoms with Crippen molar-refractivity contribution in [1.29, 1.82) is 0 Å². The van der Waals surface area contributed by atoms with Gasteiger partial charge in [-0.2, -0.15) is 0 Å². The number of para-hydroxylation sites is 1. The Labute approximate surface area is 150 Å². The molecule has 1 unspecified atom stereocenters. The number of fused-ring (bicyclic) bond motifs is 2. The van der Waals surface area contributed by atoms with Gasteiger partial charge in [-0.05, 0) is 42.0 Å². The van der Waals surface area contributed by atoms with Crippen molar-refractivity contribution in [2.45, 2.75) is 38.6 Å². The summed E-state index contributed by atoms with van der Waals surface area (Å²) in [6, 6.07) is 10.6. The van der Waals surface area contributed by atoms with Gasteiger partial charge in [-0.15, -0.1) is 22.7 Å². The third kappa shape index (κ3) is 2.87. The molecule has 0 radical (unpaired) electrons. The molecule has 0 saturated heterocycles. The van der Waals surface area contributed by atoms with Crippen LogP contribution in [0.2, 0.25) is 0 Å². The van der Waals surface area contributed by atoms with Crippen LogP contribution in [0.3, 0.4) is 0 Å². The molecule has 1 aliphatic heterocycles. The van der Waals surface area contributed by atoms with Crippen molar-refractivity contribution in [3.63, 3.8) is 0 Å². The van der Waals surface area contributed by atoms with Crippen LogP contribution in [0.1, 0.15) is 41.3 Å². The quantitative estimate of drug-likeness (QED) is 0.671. The van der Waals surface area contributed by atoms with Crippen molar-refractivity contribution in [2.24, 2.45) is 0 Å². The molecule has 3 heterocycles. The number of hydrogen-bond donors (Lipinski definition) is 0. The SMILES string of the molecule is CCC1c2ccsc2CCN1C(=O)CCc1nc2ccccc2s1. The smallest absolute Gasteiger partial charge is 0.223 e. The number of carbonyl (C=O) groups excluding carboxylic acids is 1. The van der Waals surface area contributed by atoms with E-state index in [1.807, 2.05) is 29.5 Å². The Kier molecular flexibility index (Phi) is 4.37. The van der Waals surface area contributed by atoms with Crippen molar-refractivity contribution in [2.75, 3.05) is 6.54 Å². The molecule has 124 valence electrons. The summed E-state index contributed by atoms with van der Waals surface area (Å²) in [7, 11) is 0. The predicted molar refractivity (Wildman–Crippen MR) is 101 cm³/mol. The van der Waals surface area contributed by atoms with E-state index < -0.39 is 0 Å². The highest BCUT2D eigenvalue weighted by molar-refractivity contribution is 7.18. The van der Waals surface area contributed by atoms with Gasteiger partial charge in [0.15, 0.2) is 0 Å². The lowest BCUT2D eigenvalue weighted by Crippen LogP contribution is -2.39. The van der Waals surface area contributed by atoms with Gasteiger partial charge in [0.25, 0.3) is 0 Å².